The van der Waals surface area contributed by atoms with Crippen LogP contribution in [0.25, 0.3) is 0 Å². The van der Waals surface area contributed by atoms with Gasteiger partial charge in [-0.15, -0.1) is 0 Å². The van der Waals surface area contributed by atoms with E-state index in [1.165, 1.54) is 62.9 Å². The predicted octanol–water partition coefficient (Wildman–Crippen LogP) is 2.29. The molecule has 2 aliphatic heterocycles. The standard InChI is InChI=1S/C16H23N3/c1-4-12-5-2-9-17-16(12)14(6-1)18-13-8-11-19-10-3-7-15(13)19/h2,5,9,13-15,18H,1,3-4,6-8,10-11H2. The van der Waals surface area contributed by atoms with Crippen molar-refractivity contribution in [3.05, 3.63) is 29.6 Å². The predicted molar refractivity (Wildman–Crippen MR) is 76.1 cm³/mol. The molecular formula is C16H23N3. The molecule has 4 rings (SSSR count). The second-order valence-electron chi connectivity index (χ2n) is 6.30. The normalized spacial score (nSPS) is 34.2. The average molecular weight is 257 g/mol. The van der Waals surface area contributed by atoms with Gasteiger partial charge in [0.05, 0.1) is 11.7 Å². The number of aryl methyl sites for hydroxylation is 1. The molecule has 3 aliphatic rings. The smallest absolute Gasteiger partial charge is 0.0605 e. The molecule has 0 radical (unpaired) electrons. The highest BCUT2D eigenvalue weighted by atomic mass is 15.2. The van der Waals surface area contributed by atoms with Crippen molar-refractivity contribution in [2.45, 2.75) is 56.7 Å². The minimum Gasteiger partial charge on any atom is -0.304 e. The Balaban J connectivity index is 1.52. The summed E-state index contributed by atoms with van der Waals surface area (Å²) in [5, 5.41) is 3.94. The Morgan fingerprint density at radius 2 is 2.16 bits per heavy atom. The first kappa shape index (κ1) is 11.9. The van der Waals surface area contributed by atoms with Crippen molar-refractivity contribution in [2.75, 3.05) is 13.1 Å². The van der Waals surface area contributed by atoms with E-state index in [0.29, 0.717) is 12.1 Å². The molecule has 3 unspecified atom stereocenters. The van der Waals surface area contributed by atoms with Gasteiger partial charge in [-0.05, 0) is 56.7 Å². The molecule has 1 aromatic heterocycles. The van der Waals surface area contributed by atoms with Crippen molar-refractivity contribution in [3.8, 4) is 0 Å². The van der Waals surface area contributed by atoms with Crippen LogP contribution >= 0.6 is 0 Å². The second kappa shape index (κ2) is 4.88. The van der Waals surface area contributed by atoms with Gasteiger partial charge in [0, 0.05) is 24.8 Å². The molecule has 0 amide bonds. The van der Waals surface area contributed by atoms with Gasteiger partial charge in [-0.2, -0.15) is 0 Å². The van der Waals surface area contributed by atoms with Crippen LogP contribution < -0.4 is 5.32 Å². The Hall–Kier alpha value is -0.930. The first-order valence-electron chi connectivity index (χ1n) is 7.86. The molecular weight excluding hydrogens is 234 g/mol. The van der Waals surface area contributed by atoms with Crippen LogP contribution in [-0.2, 0) is 6.42 Å². The highest BCUT2D eigenvalue weighted by Crippen LogP contribution is 2.33. The number of aromatic nitrogens is 1. The third-order valence-corrected chi connectivity index (χ3v) is 5.22. The van der Waals surface area contributed by atoms with Crippen LogP contribution in [0.2, 0.25) is 0 Å². The maximum Gasteiger partial charge on any atom is 0.0605 e. The van der Waals surface area contributed by atoms with Gasteiger partial charge in [0.25, 0.3) is 0 Å². The highest BCUT2D eigenvalue weighted by Gasteiger charge is 2.38. The number of hydrogen-bond donors (Lipinski definition) is 1. The first-order chi connectivity index (χ1) is 9.42. The number of fused-ring (bicyclic) bond motifs is 2. The monoisotopic (exact) mass is 257 g/mol. The summed E-state index contributed by atoms with van der Waals surface area (Å²) >= 11 is 0. The van der Waals surface area contributed by atoms with Crippen molar-refractivity contribution < 1.29 is 0 Å². The summed E-state index contributed by atoms with van der Waals surface area (Å²) in [5.74, 6) is 0. The molecule has 0 saturated carbocycles. The molecule has 2 fully saturated rings. The minimum absolute atomic E-state index is 0.496. The molecule has 19 heavy (non-hydrogen) atoms. The summed E-state index contributed by atoms with van der Waals surface area (Å²) < 4.78 is 0. The van der Waals surface area contributed by atoms with Gasteiger partial charge in [0.15, 0.2) is 0 Å². The molecule has 1 aliphatic carbocycles. The zero-order valence-electron chi connectivity index (χ0n) is 11.5. The van der Waals surface area contributed by atoms with Crippen LogP contribution in [0.1, 0.15) is 49.4 Å². The first-order valence-corrected chi connectivity index (χ1v) is 7.86. The van der Waals surface area contributed by atoms with Crippen molar-refractivity contribution in [1.82, 2.24) is 15.2 Å². The van der Waals surface area contributed by atoms with E-state index in [1.54, 1.807) is 0 Å². The van der Waals surface area contributed by atoms with Crippen LogP contribution in [0.4, 0.5) is 0 Å². The van der Waals surface area contributed by atoms with Crippen molar-refractivity contribution in [2.24, 2.45) is 0 Å². The lowest BCUT2D eigenvalue weighted by Gasteiger charge is -2.30. The number of hydrogen-bond acceptors (Lipinski definition) is 3. The van der Waals surface area contributed by atoms with E-state index < -0.39 is 0 Å². The Morgan fingerprint density at radius 1 is 1.16 bits per heavy atom. The lowest BCUT2D eigenvalue weighted by atomic mass is 9.90. The van der Waals surface area contributed by atoms with E-state index in [2.05, 4.69) is 27.3 Å². The third-order valence-electron chi connectivity index (χ3n) is 5.22. The van der Waals surface area contributed by atoms with Gasteiger partial charge in [-0.3, -0.25) is 9.88 Å². The lowest BCUT2D eigenvalue weighted by Crippen LogP contribution is -2.42. The van der Waals surface area contributed by atoms with Crippen LogP contribution in [0.5, 0.6) is 0 Å². The number of nitrogens with zero attached hydrogens (tertiary/aromatic N) is 2. The number of rotatable bonds is 2. The van der Waals surface area contributed by atoms with Crippen LogP contribution in [0.3, 0.4) is 0 Å². The number of nitrogens with one attached hydrogen (secondary N) is 1. The quantitative estimate of drug-likeness (QED) is 0.881. The highest BCUT2D eigenvalue weighted by molar-refractivity contribution is 5.25. The van der Waals surface area contributed by atoms with E-state index >= 15 is 0 Å². The van der Waals surface area contributed by atoms with Gasteiger partial charge in [-0.25, -0.2) is 0 Å². The number of pyridine rings is 1. The van der Waals surface area contributed by atoms with E-state index in [0.717, 1.165) is 6.04 Å². The molecule has 3 atom stereocenters. The third kappa shape index (κ3) is 2.09. The summed E-state index contributed by atoms with van der Waals surface area (Å²) in [6, 6.07) is 6.33. The molecule has 0 spiro atoms. The fraction of sp³-hybridized carbons (Fsp3) is 0.688. The van der Waals surface area contributed by atoms with Crippen LogP contribution in [0.15, 0.2) is 18.3 Å². The average Bonchev–Trinajstić information content (AvgIpc) is 3.04. The van der Waals surface area contributed by atoms with Gasteiger partial charge in [0.1, 0.15) is 0 Å². The van der Waals surface area contributed by atoms with Crippen molar-refractivity contribution in [1.29, 1.82) is 0 Å². The summed E-state index contributed by atoms with van der Waals surface area (Å²) in [5.41, 5.74) is 2.79. The molecule has 0 bridgehead atoms. The SMILES string of the molecule is c1cnc2c(c1)CCCC2NC1CCN2CCCC12. The van der Waals surface area contributed by atoms with Crippen molar-refractivity contribution >= 4 is 0 Å². The fourth-order valence-electron chi connectivity index (χ4n) is 4.31. The summed E-state index contributed by atoms with van der Waals surface area (Å²) in [7, 11) is 0. The van der Waals surface area contributed by atoms with E-state index in [-0.39, 0.29) is 0 Å². The molecule has 102 valence electrons. The summed E-state index contributed by atoms with van der Waals surface area (Å²) in [4.78, 5) is 7.33. The zero-order valence-corrected chi connectivity index (χ0v) is 11.5. The lowest BCUT2D eigenvalue weighted by molar-refractivity contribution is 0.281. The van der Waals surface area contributed by atoms with E-state index in [9.17, 15) is 0 Å². The molecule has 1 aromatic rings. The largest absolute Gasteiger partial charge is 0.304 e. The maximum atomic E-state index is 4.65. The van der Waals surface area contributed by atoms with Crippen molar-refractivity contribution in [3.63, 3.8) is 0 Å². The maximum absolute atomic E-state index is 4.65. The zero-order chi connectivity index (χ0) is 12.7. The second-order valence-corrected chi connectivity index (χ2v) is 6.30. The molecule has 1 N–H and O–H groups in total. The van der Waals surface area contributed by atoms with Gasteiger partial charge in [-0.1, -0.05) is 6.07 Å². The summed E-state index contributed by atoms with van der Waals surface area (Å²) in [6.07, 6.45) is 9.83. The Kier molecular flexibility index (Phi) is 3.04. The van der Waals surface area contributed by atoms with Gasteiger partial charge >= 0.3 is 0 Å². The Bertz CT molecular complexity index is 459. The molecule has 3 nitrogen and oxygen atoms in total. The van der Waals surface area contributed by atoms with Gasteiger partial charge in [0.2, 0.25) is 0 Å². The molecule has 3 heteroatoms. The molecule has 3 heterocycles. The fourth-order valence-corrected chi connectivity index (χ4v) is 4.31. The van der Waals surface area contributed by atoms with Gasteiger partial charge < -0.3 is 5.32 Å². The van der Waals surface area contributed by atoms with E-state index in [1.807, 2.05) is 6.20 Å². The topological polar surface area (TPSA) is 28.2 Å². The Labute approximate surface area is 115 Å². The minimum atomic E-state index is 0.496. The van der Waals surface area contributed by atoms with E-state index in [4.69, 9.17) is 0 Å². The summed E-state index contributed by atoms with van der Waals surface area (Å²) in [6.45, 7) is 2.62. The Morgan fingerprint density at radius 3 is 3.16 bits per heavy atom. The molecule has 2 saturated heterocycles. The van der Waals surface area contributed by atoms with Crippen LogP contribution in [-0.4, -0.2) is 35.1 Å². The van der Waals surface area contributed by atoms with Crippen LogP contribution in [0, 0.1) is 0 Å². The molecule has 0 aromatic carbocycles.